The van der Waals surface area contributed by atoms with Gasteiger partial charge in [-0.1, -0.05) is 11.6 Å². The molecule has 0 saturated carbocycles. The number of benzene rings is 2. The van der Waals surface area contributed by atoms with Crippen molar-refractivity contribution in [3.05, 3.63) is 46.5 Å². The molecule has 0 aliphatic carbocycles. The molecule has 2 aliphatic heterocycles. The molecule has 0 saturated heterocycles. The van der Waals surface area contributed by atoms with Crippen LogP contribution in [0.1, 0.15) is 25.0 Å². The van der Waals surface area contributed by atoms with Crippen molar-refractivity contribution >= 4 is 23.2 Å². The number of fused-ring (bicyclic) bond motifs is 2. The van der Waals surface area contributed by atoms with Gasteiger partial charge in [0.05, 0.1) is 18.2 Å². The first-order valence-corrected chi connectivity index (χ1v) is 9.59. The largest absolute Gasteiger partial charge is 0.492 e. The summed E-state index contributed by atoms with van der Waals surface area (Å²) in [5.74, 6) is 1.87. The summed E-state index contributed by atoms with van der Waals surface area (Å²) in [4.78, 5) is 12.9. The topological polar surface area (TPSA) is 56.8 Å². The van der Waals surface area contributed by atoms with Gasteiger partial charge in [-0.3, -0.25) is 4.79 Å². The predicted octanol–water partition coefficient (Wildman–Crippen LogP) is 4.25. The number of hydrogen-bond donors (Lipinski definition) is 1. The van der Waals surface area contributed by atoms with Crippen LogP contribution >= 0.6 is 11.6 Å². The van der Waals surface area contributed by atoms with E-state index < -0.39 is 0 Å². The Morgan fingerprint density at radius 2 is 2.04 bits per heavy atom. The first kappa shape index (κ1) is 18.0. The smallest absolute Gasteiger partial charge is 0.231 e. The maximum absolute atomic E-state index is 12.9. The number of rotatable bonds is 4. The minimum Gasteiger partial charge on any atom is -0.492 e. The highest BCUT2D eigenvalue weighted by molar-refractivity contribution is 6.30. The van der Waals surface area contributed by atoms with Gasteiger partial charge in [-0.15, -0.1) is 0 Å². The zero-order valence-corrected chi connectivity index (χ0v) is 16.1. The van der Waals surface area contributed by atoms with Gasteiger partial charge in [-0.05, 0) is 50.1 Å². The molecule has 27 heavy (non-hydrogen) atoms. The third kappa shape index (κ3) is 3.69. The van der Waals surface area contributed by atoms with Gasteiger partial charge in [0.15, 0.2) is 0 Å². The molecule has 2 aromatic carbocycles. The lowest BCUT2D eigenvalue weighted by molar-refractivity contribution is -0.121. The van der Waals surface area contributed by atoms with Crippen molar-refractivity contribution in [1.29, 1.82) is 0 Å². The fourth-order valence-electron chi connectivity index (χ4n) is 3.58. The van der Waals surface area contributed by atoms with Crippen LogP contribution in [-0.4, -0.2) is 25.2 Å². The zero-order valence-electron chi connectivity index (χ0n) is 15.4. The minimum absolute atomic E-state index is 0.104. The van der Waals surface area contributed by atoms with Gasteiger partial charge >= 0.3 is 0 Å². The molecule has 142 valence electrons. The third-order valence-corrected chi connectivity index (χ3v) is 5.09. The van der Waals surface area contributed by atoms with Crippen molar-refractivity contribution in [1.82, 2.24) is 0 Å². The Balaban J connectivity index is 1.54. The molecular formula is C21H22ClNO4. The lowest BCUT2D eigenvalue weighted by Gasteiger charge is -2.25. The standard InChI is InChI=1S/C21H22ClNO4/c1-3-25-20-9-13-6-12(2)27-19(13)10-17(20)23-21(24)15-7-14-8-16(22)4-5-18(14)26-11-15/h4-5,8-10,12,15H,3,6-7,11H2,1-2H3,(H,23,24). The average Bonchev–Trinajstić information content (AvgIpc) is 3.00. The molecule has 0 spiro atoms. The quantitative estimate of drug-likeness (QED) is 0.852. The second kappa shape index (κ2) is 7.31. The Hall–Kier alpha value is -2.40. The van der Waals surface area contributed by atoms with Crippen molar-refractivity contribution in [2.24, 2.45) is 5.92 Å². The lowest BCUT2D eigenvalue weighted by Crippen LogP contribution is -2.32. The first-order valence-electron chi connectivity index (χ1n) is 9.22. The van der Waals surface area contributed by atoms with Crippen LogP contribution in [0.25, 0.3) is 0 Å². The molecule has 2 unspecified atom stereocenters. The number of halogens is 1. The van der Waals surface area contributed by atoms with E-state index >= 15 is 0 Å². The van der Waals surface area contributed by atoms with E-state index in [9.17, 15) is 4.79 Å². The molecule has 1 amide bonds. The molecule has 4 rings (SSSR count). The van der Waals surface area contributed by atoms with Gasteiger partial charge in [-0.25, -0.2) is 0 Å². The summed E-state index contributed by atoms with van der Waals surface area (Å²) in [5.41, 5.74) is 2.69. The fourth-order valence-corrected chi connectivity index (χ4v) is 3.77. The van der Waals surface area contributed by atoms with Crippen LogP contribution in [-0.2, 0) is 17.6 Å². The van der Waals surface area contributed by atoms with E-state index in [1.54, 1.807) is 6.07 Å². The van der Waals surface area contributed by atoms with Crippen LogP contribution in [0.4, 0.5) is 5.69 Å². The van der Waals surface area contributed by atoms with Crippen LogP contribution < -0.4 is 19.5 Å². The second-order valence-electron chi connectivity index (χ2n) is 6.98. The highest BCUT2D eigenvalue weighted by atomic mass is 35.5. The van der Waals surface area contributed by atoms with Crippen molar-refractivity contribution < 1.29 is 19.0 Å². The van der Waals surface area contributed by atoms with Gasteiger partial charge in [0.1, 0.15) is 30.0 Å². The normalized spacial score (nSPS) is 20.1. The van der Waals surface area contributed by atoms with Crippen LogP contribution in [0, 0.1) is 5.92 Å². The Bertz CT molecular complexity index is 883. The van der Waals surface area contributed by atoms with Gasteiger partial charge in [0.2, 0.25) is 5.91 Å². The van der Waals surface area contributed by atoms with Crippen LogP contribution in [0.15, 0.2) is 30.3 Å². The number of amides is 1. The van der Waals surface area contributed by atoms with Gasteiger partial charge < -0.3 is 19.5 Å². The summed E-state index contributed by atoms with van der Waals surface area (Å²) in [6.45, 7) is 4.81. The van der Waals surface area contributed by atoms with E-state index in [1.807, 2.05) is 38.1 Å². The molecule has 2 aliphatic rings. The number of nitrogens with one attached hydrogen (secondary N) is 1. The van der Waals surface area contributed by atoms with Gasteiger partial charge in [-0.2, -0.15) is 0 Å². The summed E-state index contributed by atoms with van der Waals surface area (Å²) in [6.07, 6.45) is 1.57. The monoisotopic (exact) mass is 387 g/mol. The molecule has 1 N–H and O–H groups in total. The average molecular weight is 388 g/mol. The molecule has 0 radical (unpaired) electrons. The number of hydrogen-bond acceptors (Lipinski definition) is 4. The van der Waals surface area contributed by atoms with E-state index in [4.69, 9.17) is 25.8 Å². The predicted molar refractivity (Wildman–Crippen MR) is 104 cm³/mol. The van der Waals surface area contributed by atoms with Crippen LogP contribution in [0.3, 0.4) is 0 Å². The first-order chi connectivity index (χ1) is 13.0. The van der Waals surface area contributed by atoms with Gasteiger partial charge in [0.25, 0.3) is 0 Å². The molecule has 0 aromatic heterocycles. The van der Waals surface area contributed by atoms with Crippen molar-refractivity contribution in [2.45, 2.75) is 32.8 Å². The summed E-state index contributed by atoms with van der Waals surface area (Å²) in [7, 11) is 0. The number of carbonyl (C=O) groups is 1. The van der Waals surface area contributed by atoms with E-state index in [0.717, 1.165) is 29.0 Å². The van der Waals surface area contributed by atoms with Crippen LogP contribution in [0.2, 0.25) is 5.02 Å². The van der Waals surface area contributed by atoms with E-state index in [2.05, 4.69) is 5.32 Å². The second-order valence-corrected chi connectivity index (χ2v) is 7.41. The SMILES string of the molecule is CCOc1cc2c(cc1NC(=O)C1COc3ccc(Cl)cc3C1)OC(C)C2. The molecule has 0 bridgehead atoms. The highest BCUT2D eigenvalue weighted by Crippen LogP contribution is 2.38. The Morgan fingerprint density at radius 3 is 2.85 bits per heavy atom. The fraction of sp³-hybridized carbons (Fsp3) is 0.381. The lowest BCUT2D eigenvalue weighted by atomic mass is 9.96. The number of anilines is 1. The molecule has 2 atom stereocenters. The molecule has 2 aromatic rings. The van der Waals surface area contributed by atoms with Gasteiger partial charge in [0, 0.05) is 23.1 Å². The Morgan fingerprint density at radius 1 is 1.22 bits per heavy atom. The summed E-state index contributed by atoms with van der Waals surface area (Å²) < 4.78 is 17.3. The van der Waals surface area contributed by atoms with Crippen molar-refractivity contribution in [3.8, 4) is 17.2 Å². The van der Waals surface area contributed by atoms with Crippen molar-refractivity contribution in [2.75, 3.05) is 18.5 Å². The Kier molecular flexibility index (Phi) is 4.87. The van der Waals surface area contributed by atoms with E-state index in [-0.39, 0.29) is 17.9 Å². The maximum Gasteiger partial charge on any atom is 0.231 e. The number of ether oxygens (including phenoxy) is 3. The van der Waals surface area contributed by atoms with Crippen molar-refractivity contribution in [3.63, 3.8) is 0 Å². The van der Waals surface area contributed by atoms with E-state index in [0.29, 0.717) is 36.1 Å². The highest BCUT2D eigenvalue weighted by Gasteiger charge is 2.28. The molecule has 2 heterocycles. The molecule has 6 heteroatoms. The third-order valence-electron chi connectivity index (χ3n) is 4.86. The summed E-state index contributed by atoms with van der Waals surface area (Å²) >= 11 is 6.07. The molecule has 5 nitrogen and oxygen atoms in total. The van der Waals surface area contributed by atoms with E-state index in [1.165, 1.54) is 0 Å². The Labute approximate surface area is 163 Å². The summed E-state index contributed by atoms with van der Waals surface area (Å²) in [5, 5.41) is 3.64. The number of carbonyl (C=O) groups excluding carboxylic acids is 1. The zero-order chi connectivity index (χ0) is 19.0. The molecule has 0 fully saturated rings. The van der Waals surface area contributed by atoms with Crippen LogP contribution in [0.5, 0.6) is 17.2 Å². The molecular weight excluding hydrogens is 366 g/mol. The maximum atomic E-state index is 12.9. The minimum atomic E-state index is -0.293. The summed E-state index contributed by atoms with van der Waals surface area (Å²) in [6, 6.07) is 9.31.